The van der Waals surface area contributed by atoms with E-state index >= 15 is 0 Å². The Morgan fingerprint density at radius 3 is 2.74 bits per heavy atom. The van der Waals surface area contributed by atoms with Crippen LogP contribution in [0.4, 0.5) is 4.39 Å². The standard InChI is InChI=1S/C15H8ClFO2/c16-11-1-4-14-9(5-11)7-15(19-14)13-3-2-12(17)6-10(13)8-18/h1-8H. The lowest BCUT2D eigenvalue weighted by molar-refractivity contribution is 0.112. The SMILES string of the molecule is O=Cc1cc(F)ccc1-c1cc2cc(Cl)ccc2o1. The Bertz CT molecular complexity index is 777. The van der Waals surface area contributed by atoms with Gasteiger partial charge in [0.25, 0.3) is 0 Å². The van der Waals surface area contributed by atoms with Crippen LogP contribution in [-0.2, 0) is 0 Å². The number of hydrogen-bond donors (Lipinski definition) is 0. The molecule has 0 radical (unpaired) electrons. The highest BCUT2D eigenvalue weighted by molar-refractivity contribution is 6.31. The lowest BCUT2D eigenvalue weighted by atomic mass is 10.1. The molecule has 0 saturated heterocycles. The van der Waals surface area contributed by atoms with Crippen LogP contribution >= 0.6 is 11.6 Å². The van der Waals surface area contributed by atoms with Crippen molar-refractivity contribution in [2.45, 2.75) is 0 Å². The molecule has 0 spiro atoms. The summed E-state index contributed by atoms with van der Waals surface area (Å²) in [5, 5.41) is 1.44. The van der Waals surface area contributed by atoms with Crippen LogP contribution in [0, 0.1) is 5.82 Å². The zero-order valence-corrected chi connectivity index (χ0v) is 10.4. The molecule has 3 aromatic rings. The van der Waals surface area contributed by atoms with Crippen LogP contribution in [0.25, 0.3) is 22.3 Å². The molecule has 0 aliphatic heterocycles. The van der Waals surface area contributed by atoms with Gasteiger partial charge in [0.15, 0.2) is 6.29 Å². The first-order valence-electron chi connectivity index (χ1n) is 5.61. The molecule has 4 heteroatoms. The molecule has 94 valence electrons. The maximum Gasteiger partial charge on any atom is 0.150 e. The first kappa shape index (κ1) is 11.9. The minimum atomic E-state index is -0.454. The number of hydrogen-bond acceptors (Lipinski definition) is 2. The van der Waals surface area contributed by atoms with Crippen molar-refractivity contribution in [1.29, 1.82) is 0 Å². The molecule has 0 aliphatic rings. The Morgan fingerprint density at radius 1 is 1.11 bits per heavy atom. The summed E-state index contributed by atoms with van der Waals surface area (Å²) in [6.45, 7) is 0. The van der Waals surface area contributed by atoms with Gasteiger partial charge in [0.1, 0.15) is 17.2 Å². The summed E-state index contributed by atoms with van der Waals surface area (Å²) in [6, 6.07) is 11.0. The zero-order valence-electron chi connectivity index (χ0n) is 9.69. The van der Waals surface area contributed by atoms with Crippen LogP contribution in [0.5, 0.6) is 0 Å². The molecule has 0 aliphatic carbocycles. The maximum absolute atomic E-state index is 13.1. The Hall–Kier alpha value is -2.13. The number of furan rings is 1. The van der Waals surface area contributed by atoms with E-state index in [-0.39, 0.29) is 5.56 Å². The summed E-state index contributed by atoms with van der Waals surface area (Å²) in [5.41, 5.74) is 1.48. The van der Waals surface area contributed by atoms with Gasteiger partial charge in [0.2, 0.25) is 0 Å². The molecule has 0 unspecified atom stereocenters. The summed E-state index contributed by atoms with van der Waals surface area (Å²) in [5.74, 6) is 0.0596. The highest BCUT2D eigenvalue weighted by atomic mass is 35.5. The van der Waals surface area contributed by atoms with E-state index in [4.69, 9.17) is 16.0 Å². The van der Waals surface area contributed by atoms with Gasteiger partial charge < -0.3 is 4.42 Å². The molecule has 1 heterocycles. The first-order chi connectivity index (χ1) is 9.17. The molecule has 0 N–H and O–H groups in total. The molecule has 19 heavy (non-hydrogen) atoms. The van der Waals surface area contributed by atoms with Gasteiger partial charge in [-0.2, -0.15) is 0 Å². The lowest BCUT2D eigenvalue weighted by Crippen LogP contribution is -1.87. The summed E-state index contributed by atoms with van der Waals surface area (Å²) in [6.07, 6.45) is 0.610. The molecule has 0 saturated carbocycles. The average Bonchev–Trinajstić information content (AvgIpc) is 2.81. The molecule has 2 aromatic carbocycles. The molecule has 0 fully saturated rings. The van der Waals surface area contributed by atoms with E-state index in [2.05, 4.69) is 0 Å². The Morgan fingerprint density at radius 2 is 1.95 bits per heavy atom. The molecule has 1 aromatic heterocycles. The zero-order chi connectivity index (χ0) is 13.4. The molecular weight excluding hydrogens is 267 g/mol. The van der Waals surface area contributed by atoms with Gasteiger partial charge in [-0.3, -0.25) is 4.79 Å². The van der Waals surface area contributed by atoms with Gasteiger partial charge in [-0.25, -0.2) is 4.39 Å². The van der Waals surface area contributed by atoms with Crippen LogP contribution in [0.3, 0.4) is 0 Å². The van der Waals surface area contributed by atoms with Crippen molar-refractivity contribution in [3.63, 3.8) is 0 Å². The molecule has 3 rings (SSSR count). The van der Waals surface area contributed by atoms with Crippen LogP contribution in [-0.4, -0.2) is 6.29 Å². The number of fused-ring (bicyclic) bond motifs is 1. The summed E-state index contributed by atoms with van der Waals surface area (Å²) >= 11 is 5.91. The molecule has 0 bridgehead atoms. The Kier molecular flexibility index (Phi) is 2.84. The van der Waals surface area contributed by atoms with E-state index in [1.54, 1.807) is 24.3 Å². The fourth-order valence-corrected chi connectivity index (χ4v) is 2.18. The third kappa shape index (κ3) is 2.13. The number of benzene rings is 2. The normalized spacial score (nSPS) is 10.8. The Labute approximate surface area is 113 Å². The smallest absolute Gasteiger partial charge is 0.150 e. The third-order valence-electron chi connectivity index (χ3n) is 2.88. The molecular formula is C15H8ClFO2. The van der Waals surface area contributed by atoms with Crippen LogP contribution < -0.4 is 0 Å². The van der Waals surface area contributed by atoms with Crippen molar-refractivity contribution in [3.8, 4) is 11.3 Å². The number of carbonyl (C=O) groups excluding carboxylic acids is 1. The summed E-state index contributed by atoms with van der Waals surface area (Å²) in [4.78, 5) is 11.0. The number of aldehydes is 1. The van der Waals surface area contributed by atoms with E-state index in [0.717, 1.165) is 5.39 Å². The lowest BCUT2D eigenvalue weighted by Gasteiger charge is -2.00. The van der Waals surface area contributed by atoms with Gasteiger partial charge in [0, 0.05) is 21.5 Å². The van der Waals surface area contributed by atoms with Gasteiger partial charge >= 0.3 is 0 Å². The van der Waals surface area contributed by atoms with Crippen LogP contribution in [0.2, 0.25) is 5.02 Å². The highest BCUT2D eigenvalue weighted by Gasteiger charge is 2.11. The van der Waals surface area contributed by atoms with Gasteiger partial charge in [-0.1, -0.05) is 11.6 Å². The largest absolute Gasteiger partial charge is 0.456 e. The van der Waals surface area contributed by atoms with E-state index < -0.39 is 5.82 Å². The van der Waals surface area contributed by atoms with Gasteiger partial charge in [-0.05, 0) is 42.5 Å². The molecule has 0 amide bonds. The fraction of sp³-hybridized carbons (Fsp3) is 0. The quantitative estimate of drug-likeness (QED) is 0.634. The van der Waals surface area contributed by atoms with E-state index in [1.165, 1.54) is 18.2 Å². The third-order valence-corrected chi connectivity index (χ3v) is 3.12. The van der Waals surface area contributed by atoms with Crippen molar-refractivity contribution in [1.82, 2.24) is 0 Å². The van der Waals surface area contributed by atoms with Crippen LogP contribution in [0.1, 0.15) is 10.4 Å². The average molecular weight is 275 g/mol. The Balaban J connectivity index is 2.21. The van der Waals surface area contributed by atoms with Crippen LogP contribution in [0.15, 0.2) is 46.9 Å². The number of carbonyl (C=O) groups is 1. The predicted molar refractivity (Wildman–Crippen MR) is 72.0 cm³/mol. The highest BCUT2D eigenvalue weighted by Crippen LogP contribution is 2.31. The van der Waals surface area contributed by atoms with Crippen molar-refractivity contribution in [2.24, 2.45) is 0 Å². The molecule has 2 nitrogen and oxygen atoms in total. The summed E-state index contributed by atoms with van der Waals surface area (Å²) < 4.78 is 18.8. The fourth-order valence-electron chi connectivity index (χ4n) is 2.00. The number of rotatable bonds is 2. The van der Waals surface area contributed by atoms with Crippen molar-refractivity contribution in [2.75, 3.05) is 0 Å². The number of halogens is 2. The van der Waals surface area contributed by atoms with E-state index in [9.17, 15) is 9.18 Å². The topological polar surface area (TPSA) is 30.2 Å². The van der Waals surface area contributed by atoms with Crippen molar-refractivity contribution < 1.29 is 13.6 Å². The van der Waals surface area contributed by atoms with Gasteiger partial charge in [-0.15, -0.1) is 0 Å². The van der Waals surface area contributed by atoms with E-state index in [0.29, 0.717) is 28.2 Å². The van der Waals surface area contributed by atoms with E-state index in [1.807, 2.05) is 0 Å². The van der Waals surface area contributed by atoms with Gasteiger partial charge in [0.05, 0.1) is 0 Å². The minimum absolute atomic E-state index is 0.255. The second-order valence-corrected chi connectivity index (χ2v) is 4.58. The second kappa shape index (κ2) is 4.52. The predicted octanol–water partition coefficient (Wildman–Crippen LogP) is 4.70. The minimum Gasteiger partial charge on any atom is -0.456 e. The monoisotopic (exact) mass is 274 g/mol. The first-order valence-corrected chi connectivity index (χ1v) is 5.99. The summed E-state index contributed by atoms with van der Waals surface area (Å²) in [7, 11) is 0. The second-order valence-electron chi connectivity index (χ2n) is 4.14. The maximum atomic E-state index is 13.1. The molecule has 0 atom stereocenters. The van der Waals surface area contributed by atoms with Crippen molar-refractivity contribution >= 4 is 28.9 Å². The van der Waals surface area contributed by atoms with Crippen molar-refractivity contribution in [3.05, 3.63) is 58.9 Å².